The Bertz CT molecular complexity index is 534. The average Bonchev–Trinajstić information content (AvgIpc) is 2.49. The summed E-state index contributed by atoms with van der Waals surface area (Å²) in [6.07, 6.45) is 0. The van der Waals surface area contributed by atoms with Crippen LogP contribution >= 0.6 is 0 Å². The predicted molar refractivity (Wildman–Crippen MR) is 83.2 cm³/mol. The van der Waals surface area contributed by atoms with Gasteiger partial charge >= 0.3 is 11.8 Å². The van der Waals surface area contributed by atoms with Gasteiger partial charge in [-0.2, -0.15) is 0 Å². The summed E-state index contributed by atoms with van der Waals surface area (Å²) < 4.78 is 0. The number of carbonyl (C=O) groups is 2. The Kier molecular flexibility index (Phi) is 4.96. The van der Waals surface area contributed by atoms with Gasteiger partial charge < -0.3 is 15.1 Å². The fourth-order valence-electron chi connectivity index (χ4n) is 2.54. The summed E-state index contributed by atoms with van der Waals surface area (Å²) in [5.74, 6) is -0.988. The molecule has 114 valence electrons. The van der Waals surface area contributed by atoms with Crippen LogP contribution in [0.1, 0.15) is 18.1 Å². The number of benzene rings is 1. The van der Waals surface area contributed by atoms with E-state index in [2.05, 4.69) is 17.1 Å². The zero-order chi connectivity index (χ0) is 15.4. The topological polar surface area (TPSA) is 52.7 Å². The molecular formula is C16H23N3O2. The van der Waals surface area contributed by atoms with Crippen molar-refractivity contribution in [3.63, 3.8) is 0 Å². The quantitative estimate of drug-likeness (QED) is 0.838. The first-order chi connectivity index (χ1) is 10.0. The summed E-state index contributed by atoms with van der Waals surface area (Å²) in [6.45, 7) is 9.91. The van der Waals surface area contributed by atoms with E-state index in [1.165, 1.54) is 0 Å². The Morgan fingerprint density at radius 3 is 2.38 bits per heavy atom. The number of nitrogens with zero attached hydrogens (tertiary/aromatic N) is 2. The van der Waals surface area contributed by atoms with E-state index in [1.54, 1.807) is 4.90 Å². The molecule has 0 aromatic heterocycles. The molecule has 1 aliphatic rings. The van der Waals surface area contributed by atoms with Crippen molar-refractivity contribution in [1.29, 1.82) is 0 Å². The molecule has 1 fully saturated rings. The maximum absolute atomic E-state index is 12.2. The average molecular weight is 289 g/mol. The van der Waals surface area contributed by atoms with Crippen LogP contribution in [0.15, 0.2) is 18.2 Å². The summed E-state index contributed by atoms with van der Waals surface area (Å²) in [5, 5.41) is 2.72. The Morgan fingerprint density at radius 1 is 1.14 bits per heavy atom. The first-order valence-corrected chi connectivity index (χ1v) is 7.41. The van der Waals surface area contributed by atoms with E-state index in [1.807, 2.05) is 32.0 Å². The molecule has 0 unspecified atom stereocenters. The number of rotatable bonds is 2. The largest absolute Gasteiger partial charge is 0.332 e. The van der Waals surface area contributed by atoms with Gasteiger partial charge in [-0.15, -0.1) is 0 Å². The van der Waals surface area contributed by atoms with Crippen molar-refractivity contribution in [3.05, 3.63) is 29.3 Å². The van der Waals surface area contributed by atoms with Crippen molar-refractivity contribution >= 4 is 17.5 Å². The van der Waals surface area contributed by atoms with E-state index in [-0.39, 0.29) is 0 Å². The highest BCUT2D eigenvalue weighted by Gasteiger charge is 2.25. The fraction of sp³-hybridized carbons (Fsp3) is 0.500. The molecule has 1 heterocycles. The van der Waals surface area contributed by atoms with E-state index < -0.39 is 11.8 Å². The normalized spacial score (nSPS) is 15.9. The molecule has 1 aromatic carbocycles. The summed E-state index contributed by atoms with van der Waals surface area (Å²) >= 11 is 0. The van der Waals surface area contributed by atoms with E-state index in [0.29, 0.717) is 18.8 Å². The molecule has 0 spiro atoms. The molecule has 0 saturated carbocycles. The molecule has 5 heteroatoms. The third-order valence-corrected chi connectivity index (χ3v) is 3.93. The van der Waals surface area contributed by atoms with Crippen LogP contribution in [-0.2, 0) is 9.59 Å². The second-order valence-corrected chi connectivity index (χ2v) is 5.50. The number of aryl methyl sites for hydroxylation is 2. The summed E-state index contributed by atoms with van der Waals surface area (Å²) in [5.41, 5.74) is 2.80. The maximum Gasteiger partial charge on any atom is 0.313 e. The lowest BCUT2D eigenvalue weighted by molar-refractivity contribution is -0.144. The third kappa shape index (κ3) is 3.82. The molecule has 2 rings (SSSR count). The highest BCUT2D eigenvalue weighted by molar-refractivity contribution is 6.39. The first-order valence-electron chi connectivity index (χ1n) is 7.41. The van der Waals surface area contributed by atoms with Gasteiger partial charge in [0.1, 0.15) is 0 Å². The SMILES string of the molecule is CCN1CCN(C(=O)C(=O)Nc2ccc(C)cc2C)CC1. The van der Waals surface area contributed by atoms with Crippen LogP contribution in [0.4, 0.5) is 5.69 Å². The monoisotopic (exact) mass is 289 g/mol. The van der Waals surface area contributed by atoms with Crippen LogP contribution in [0.25, 0.3) is 0 Å². The predicted octanol–water partition coefficient (Wildman–Crippen LogP) is 1.41. The smallest absolute Gasteiger partial charge is 0.313 e. The standard InChI is InChI=1S/C16H23N3O2/c1-4-18-7-9-19(10-8-18)16(21)15(20)17-14-6-5-12(2)11-13(14)3/h5-6,11H,4,7-10H2,1-3H3,(H,17,20). The van der Waals surface area contributed by atoms with E-state index in [9.17, 15) is 9.59 Å². The molecule has 1 saturated heterocycles. The van der Waals surface area contributed by atoms with Crippen LogP contribution in [0.3, 0.4) is 0 Å². The molecule has 1 aromatic rings. The third-order valence-electron chi connectivity index (χ3n) is 3.93. The van der Waals surface area contributed by atoms with Gasteiger partial charge in [-0.1, -0.05) is 24.6 Å². The van der Waals surface area contributed by atoms with Crippen molar-refractivity contribution < 1.29 is 9.59 Å². The lowest BCUT2D eigenvalue weighted by Crippen LogP contribution is -2.51. The zero-order valence-corrected chi connectivity index (χ0v) is 13.0. The molecule has 0 aliphatic carbocycles. The number of piperazine rings is 1. The van der Waals surface area contributed by atoms with Gasteiger partial charge in [0.25, 0.3) is 0 Å². The van der Waals surface area contributed by atoms with Gasteiger partial charge in [0.2, 0.25) is 0 Å². The Labute approximate surface area is 125 Å². The number of hydrogen-bond donors (Lipinski definition) is 1. The first kappa shape index (κ1) is 15.5. The second kappa shape index (κ2) is 6.72. The van der Waals surface area contributed by atoms with Crippen molar-refractivity contribution in [3.8, 4) is 0 Å². The van der Waals surface area contributed by atoms with Gasteiger partial charge in [-0.05, 0) is 32.0 Å². The molecule has 1 aliphatic heterocycles. The molecule has 0 radical (unpaired) electrons. The van der Waals surface area contributed by atoms with Gasteiger partial charge in [-0.3, -0.25) is 9.59 Å². The molecule has 2 amide bonds. The lowest BCUT2D eigenvalue weighted by Gasteiger charge is -2.33. The molecule has 1 N–H and O–H groups in total. The minimum atomic E-state index is -0.549. The molecule has 0 bridgehead atoms. The number of hydrogen-bond acceptors (Lipinski definition) is 3. The van der Waals surface area contributed by atoms with E-state index >= 15 is 0 Å². The molecule has 0 atom stereocenters. The van der Waals surface area contributed by atoms with Crippen LogP contribution in [0, 0.1) is 13.8 Å². The van der Waals surface area contributed by atoms with Gasteiger partial charge in [0.15, 0.2) is 0 Å². The lowest BCUT2D eigenvalue weighted by atomic mass is 10.1. The zero-order valence-electron chi connectivity index (χ0n) is 13.0. The fourth-order valence-corrected chi connectivity index (χ4v) is 2.54. The highest BCUT2D eigenvalue weighted by Crippen LogP contribution is 2.16. The van der Waals surface area contributed by atoms with Crippen LogP contribution in [-0.4, -0.2) is 54.3 Å². The Balaban J connectivity index is 1.95. The van der Waals surface area contributed by atoms with Crippen molar-refractivity contribution in [2.45, 2.75) is 20.8 Å². The number of anilines is 1. The summed E-state index contributed by atoms with van der Waals surface area (Å²) in [4.78, 5) is 28.2. The van der Waals surface area contributed by atoms with Gasteiger partial charge in [-0.25, -0.2) is 0 Å². The molecule has 21 heavy (non-hydrogen) atoms. The highest BCUT2D eigenvalue weighted by atomic mass is 16.2. The minimum absolute atomic E-state index is 0.439. The molecule has 5 nitrogen and oxygen atoms in total. The molecular weight excluding hydrogens is 266 g/mol. The summed E-state index contributed by atoms with van der Waals surface area (Å²) in [7, 11) is 0. The minimum Gasteiger partial charge on any atom is -0.332 e. The number of carbonyl (C=O) groups excluding carboxylic acids is 2. The number of nitrogens with one attached hydrogen (secondary N) is 1. The van der Waals surface area contributed by atoms with E-state index in [0.717, 1.165) is 30.8 Å². The van der Waals surface area contributed by atoms with Crippen LogP contribution < -0.4 is 5.32 Å². The Morgan fingerprint density at radius 2 is 1.81 bits per heavy atom. The van der Waals surface area contributed by atoms with Crippen molar-refractivity contribution in [2.75, 3.05) is 38.0 Å². The van der Waals surface area contributed by atoms with Crippen molar-refractivity contribution in [2.24, 2.45) is 0 Å². The maximum atomic E-state index is 12.2. The van der Waals surface area contributed by atoms with Crippen LogP contribution in [0.2, 0.25) is 0 Å². The second-order valence-electron chi connectivity index (χ2n) is 5.50. The van der Waals surface area contributed by atoms with Gasteiger partial charge in [0.05, 0.1) is 0 Å². The number of likely N-dealkylation sites (N-methyl/N-ethyl adjacent to an activating group) is 1. The van der Waals surface area contributed by atoms with Crippen LogP contribution in [0.5, 0.6) is 0 Å². The van der Waals surface area contributed by atoms with Crippen molar-refractivity contribution in [1.82, 2.24) is 9.80 Å². The van der Waals surface area contributed by atoms with Gasteiger partial charge in [0, 0.05) is 31.9 Å². The Hall–Kier alpha value is -1.88. The number of amides is 2. The summed E-state index contributed by atoms with van der Waals surface area (Å²) in [6, 6.07) is 5.75. The van der Waals surface area contributed by atoms with E-state index in [4.69, 9.17) is 0 Å².